The highest BCUT2D eigenvalue weighted by Gasteiger charge is 2.16. The molecule has 6 aromatic carbocycles. The van der Waals surface area contributed by atoms with Crippen LogP contribution in [0.2, 0.25) is 0 Å². The first-order valence-corrected chi connectivity index (χ1v) is 18.8. The molecule has 0 aliphatic carbocycles. The summed E-state index contributed by atoms with van der Waals surface area (Å²) in [5.41, 5.74) is 12.5. The van der Waals surface area contributed by atoms with Gasteiger partial charge in [0.25, 0.3) is 0 Å². The van der Waals surface area contributed by atoms with Crippen LogP contribution in [-0.2, 0) is 12.8 Å². The van der Waals surface area contributed by atoms with Gasteiger partial charge in [0, 0.05) is 41.9 Å². The summed E-state index contributed by atoms with van der Waals surface area (Å²) in [6.07, 6.45) is 7.08. The fourth-order valence-corrected chi connectivity index (χ4v) is 8.04. The standard InChI is InChI=1S/C44H38Br2N2/c1-3-5-7-29-9-21-41-37(25-29)39-27-33(45)15-23-43(39)47(41)35-17-11-31(12-18-35)32-13-19-36(20-14-32)48-42-22-10-30(8-6-4-2)26-38(42)40-28-34(46)16-24-44(40)48/h9-28H,3-8H2,1-2H3. The van der Waals surface area contributed by atoms with Crippen LogP contribution in [-0.4, -0.2) is 9.13 Å². The molecule has 2 nitrogen and oxygen atoms in total. The van der Waals surface area contributed by atoms with Crippen molar-refractivity contribution in [3.05, 3.63) is 141 Å². The topological polar surface area (TPSA) is 9.86 Å². The molecule has 0 amide bonds. The number of nitrogens with zero attached hydrogens (tertiary/aromatic N) is 2. The molecule has 8 rings (SSSR count). The first-order chi connectivity index (χ1) is 23.5. The summed E-state index contributed by atoms with van der Waals surface area (Å²) >= 11 is 7.44. The number of benzene rings is 6. The molecule has 0 unspecified atom stereocenters. The molecule has 4 heteroatoms. The molecule has 0 spiro atoms. The molecule has 0 aliphatic heterocycles. The third kappa shape index (κ3) is 5.59. The Kier molecular flexibility index (Phi) is 8.48. The first-order valence-electron chi connectivity index (χ1n) is 17.2. The fourth-order valence-electron chi connectivity index (χ4n) is 7.32. The highest BCUT2D eigenvalue weighted by Crippen LogP contribution is 2.37. The zero-order valence-electron chi connectivity index (χ0n) is 27.4. The normalized spacial score (nSPS) is 11.8. The van der Waals surface area contributed by atoms with Crippen molar-refractivity contribution >= 4 is 75.5 Å². The van der Waals surface area contributed by atoms with Gasteiger partial charge in [0.05, 0.1) is 22.1 Å². The molecule has 0 saturated heterocycles. The molecular formula is C44H38Br2N2. The number of aromatic nitrogens is 2. The van der Waals surface area contributed by atoms with Crippen LogP contribution in [0.1, 0.15) is 50.7 Å². The van der Waals surface area contributed by atoms with Crippen molar-refractivity contribution < 1.29 is 0 Å². The Morgan fingerprint density at radius 2 is 0.771 bits per heavy atom. The molecule has 0 aliphatic rings. The monoisotopic (exact) mass is 752 g/mol. The Morgan fingerprint density at radius 1 is 0.417 bits per heavy atom. The van der Waals surface area contributed by atoms with Crippen LogP contribution in [0.3, 0.4) is 0 Å². The number of halogens is 2. The maximum atomic E-state index is 3.72. The predicted molar refractivity (Wildman–Crippen MR) is 213 cm³/mol. The quantitative estimate of drug-likeness (QED) is 0.139. The molecule has 238 valence electrons. The van der Waals surface area contributed by atoms with E-state index in [1.807, 2.05) is 0 Å². The second kappa shape index (κ2) is 13.1. The van der Waals surface area contributed by atoms with Crippen LogP contribution in [0, 0.1) is 0 Å². The lowest BCUT2D eigenvalue weighted by Gasteiger charge is -2.11. The lowest BCUT2D eigenvalue weighted by Crippen LogP contribution is -1.95. The molecule has 0 radical (unpaired) electrons. The fraction of sp³-hybridized carbons (Fsp3) is 0.182. The van der Waals surface area contributed by atoms with E-state index >= 15 is 0 Å². The van der Waals surface area contributed by atoms with E-state index in [-0.39, 0.29) is 0 Å². The van der Waals surface area contributed by atoms with Gasteiger partial charge < -0.3 is 9.13 Å². The van der Waals surface area contributed by atoms with Gasteiger partial charge in [-0.2, -0.15) is 0 Å². The van der Waals surface area contributed by atoms with Gasteiger partial charge in [0.15, 0.2) is 0 Å². The Morgan fingerprint density at radius 3 is 1.15 bits per heavy atom. The Balaban J connectivity index is 1.15. The van der Waals surface area contributed by atoms with Crippen molar-refractivity contribution in [2.24, 2.45) is 0 Å². The number of aryl methyl sites for hydroxylation is 2. The molecule has 8 aromatic rings. The molecule has 0 bridgehead atoms. The van der Waals surface area contributed by atoms with E-state index in [0.717, 1.165) is 21.8 Å². The summed E-state index contributed by atoms with van der Waals surface area (Å²) in [5, 5.41) is 5.20. The second-order valence-corrected chi connectivity index (χ2v) is 14.8. The van der Waals surface area contributed by atoms with Crippen LogP contribution in [0.5, 0.6) is 0 Å². The van der Waals surface area contributed by atoms with Crippen molar-refractivity contribution in [1.29, 1.82) is 0 Å². The molecule has 0 saturated carbocycles. The molecule has 2 aromatic heterocycles. The molecule has 48 heavy (non-hydrogen) atoms. The van der Waals surface area contributed by atoms with Gasteiger partial charge in [0.1, 0.15) is 0 Å². The second-order valence-electron chi connectivity index (χ2n) is 13.0. The summed E-state index contributed by atoms with van der Waals surface area (Å²) in [6, 6.07) is 45.4. The summed E-state index contributed by atoms with van der Waals surface area (Å²) in [5.74, 6) is 0. The van der Waals surface area contributed by atoms with Crippen LogP contribution in [0.15, 0.2) is 130 Å². The first kappa shape index (κ1) is 31.2. The van der Waals surface area contributed by atoms with Gasteiger partial charge in [-0.3, -0.25) is 0 Å². The van der Waals surface area contributed by atoms with E-state index in [4.69, 9.17) is 0 Å². The number of rotatable bonds is 9. The van der Waals surface area contributed by atoms with Gasteiger partial charge in [0.2, 0.25) is 0 Å². The van der Waals surface area contributed by atoms with Crippen molar-refractivity contribution in [3.8, 4) is 22.5 Å². The number of fused-ring (bicyclic) bond motifs is 6. The van der Waals surface area contributed by atoms with E-state index in [1.54, 1.807) is 0 Å². The summed E-state index contributed by atoms with van der Waals surface area (Å²) in [6.45, 7) is 4.52. The third-order valence-electron chi connectivity index (χ3n) is 9.81. The highest BCUT2D eigenvalue weighted by atomic mass is 79.9. The maximum absolute atomic E-state index is 3.72. The number of unbranched alkanes of at least 4 members (excludes halogenated alkanes) is 2. The maximum Gasteiger partial charge on any atom is 0.0541 e. The van der Waals surface area contributed by atoms with Gasteiger partial charge in [-0.05, 0) is 133 Å². The summed E-state index contributed by atoms with van der Waals surface area (Å²) < 4.78 is 7.03. The van der Waals surface area contributed by atoms with Crippen LogP contribution >= 0.6 is 31.9 Å². The predicted octanol–water partition coefficient (Wildman–Crippen LogP) is 13.8. The lowest BCUT2D eigenvalue weighted by atomic mass is 10.0. The van der Waals surface area contributed by atoms with Gasteiger partial charge in [-0.15, -0.1) is 0 Å². The summed E-state index contributed by atoms with van der Waals surface area (Å²) in [4.78, 5) is 0. The third-order valence-corrected chi connectivity index (χ3v) is 10.8. The van der Waals surface area contributed by atoms with Crippen LogP contribution in [0.25, 0.3) is 66.1 Å². The Hall–Kier alpha value is -4.12. The van der Waals surface area contributed by atoms with Crippen molar-refractivity contribution in [3.63, 3.8) is 0 Å². The SMILES string of the molecule is CCCCc1ccc2c(c1)c1cc(Br)ccc1n2-c1ccc(-c2ccc(-n3c4ccc(Br)cc4c4cc(CCCC)ccc43)cc2)cc1. The smallest absolute Gasteiger partial charge is 0.0541 e. The molecule has 2 heterocycles. The van der Waals surface area contributed by atoms with E-state index in [0.29, 0.717) is 0 Å². The minimum absolute atomic E-state index is 1.11. The average Bonchev–Trinajstić information content (AvgIpc) is 3.61. The lowest BCUT2D eigenvalue weighted by molar-refractivity contribution is 0.796. The molecule has 0 fully saturated rings. The minimum Gasteiger partial charge on any atom is -0.309 e. The Bertz CT molecular complexity index is 2260. The molecule has 0 atom stereocenters. The van der Waals surface area contributed by atoms with E-state index < -0.39 is 0 Å². The zero-order chi connectivity index (χ0) is 32.8. The zero-order valence-corrected chi connectivity index (χ0v) is 30.6. The average molecular weight is 755 g/mol. The highest BCUT2D eigenvalue weighted by molar-refractivity contribution is 9.10. The molecular weight excluding hydrogens is 716 g/mol. The van der Waals surface area contributed by atoms with Crippen molar-refractivity contribution in [1.82, 2.24) is 9.13 Å². The Labute approximate surface area is 299 Å². The van der Waals surface area contributed by atoms with E-state index in [2.05, 4.69) is 176 Å². The van der Waals surface area contributed by atoms with E-state index in [1.165, 1.54) is 103 Å². The van der Waals surface area contributed by atoms with Gasteiger partial charge in [-0.25, -0.2) is 0 Å². The van der Waals surface area contributed by atoms with Crippen molar-refractivity contribution in [2.75, 3.05) is 0 Å². The minimum atomic E-state index is 1.11. The number of hydrogen-bond acceptors (Lipinski definition) is 0. The van der Waals surface area contributed by atoms with Crippen molar-refractivity contribution in [2.45, 2.75) is 52.4 Å². The van der Waals surface area contributed by atoms with Crippen LogP contribution < -0.4 is 0 Å². The number of hydrogen-bond donors (Lipinski definition) is 0. The van der Waals surface area contributed by atoms with Gasteiger partial charge >= 0.3 is 0 Å². The largest absolute Gasteiger partial charge is 0.309 e. The van der Waals surface area contributed by atoms with E-state index in [9.17, 15) is 0 Å². The summed E-state index contributed by atoms with van der Waals surface area (Å²) in [7, 11) is 0. The van der Waals surface area contributed by atoms with Gasteiger partial charge in [-0.1, -0.05) is 94.9 Å². The van der Waals surface area contributed by atoms with Crippen LogP contribution in [0.4, 0.5) is 0 Å². The molecule has 0 N–H and O–H groups in total.